The summed E-state index contributed by atoms with van der Waals surface area (Å²) in [4.78, 5) is 16.4. The molecule has 0 fully saturated rings. The number of hydrogen-bond acceptors (Lipinski definition) is 4. The Labute approximate surface area is 80.1 Å². The van der Waals surface area contributed by atoms with E-state index >= 15 is 0 Å². The lowest BCUT2D eigenvalue weighted by Gasteiger charge is -2.00. The number of carbonyl (C=O) groups is 1. The Morgan fingerprint density at radius 3 is 3.08 bits per heavy atom. The number of Topliss-reactive ketones (excluding diaryl/α,β-unsaturated/α-hetero) is 1. The van der Waals surface area contributed by atoms with Gasteiger partial charge in [-0.3, -0.25) is 4.79 Å². The molecule has 2 heterocycles. The van der Waals surface area contributed by atoms with E-state index in [1.165, 1.54) is 11.3 Å². The molecule has 2 rings (SSSR count). The van der Waals surface area contributed by atoms with Crippen molar-refractivity contribution in [2.45, 2.75) is 13.3 Å². The third-order valence-electron chi connectivity index (χ3n) is 1.88. The third-order valence-corrected chi connectivity index (χ3v) is 2.81. The molecule has 1 aliphatic rings. The SMILES string of the molecule is Cc1ncsc1C(=O)C1=CCCO1. The predicted octanol–water partition coefficient (Wildman–Crippen LogP) is 1.94. The van der Waals surface area contributed by atoms with Crippen molar-refractivity contribution in [3.8, 4) is 0 Å². The maximum atomic E-state index is 11.7. The van der Waals surface area contributed by atoms with Gasteiger partial charge in [-0.05, 0) is 13.0 Å². The molecule has 1 aromatic rings. The molecule has 0 aliphatic carbocycles. The highest BCUT2D eigenvalue weighted by Gasteiger charge is 2.20. The Kier molecular flexibility index (Phi) is 2.14. The fourth-order valence-corrected chi connectivity index (χ4v) is 1.95. The van der Waals surface area contributed by atoms with Crippen LogP contribution >= 0.6 is 11.3 Å². The Morgan fingerprint density at radius 2 is 2.54 bits per heavy atom. The van der Waals surface area contributed by atoms with Crippen molar-refractivity contribution < 1.29 is 9.53 Å². The van der Waals surface area contributed by atoms with Crippen molar-refractivity contribution in [1.82, 2.24) is 4.98 Å². The molecule has 0 N–H and O–H groups in total. The summed E-state index contributed by atoms with van der Waals surface area (Å²) in [6.07, 6.45) is 2.67. The first kappa shape index (κ1) is 8.44. The van der Waals surface area contributed by atoms with Gasteiger partial charge in [0.05, 0.1) is 17.8 Å². The van der Waals surface area contributed by atoms with Gasteiger partial charge in [0.15, 0.2) is 5.76 Å². The van der Waals surface area contributed by atoms with Gasteiger partial charge < -0.3 is 4.74 Å². The lowest BCUT2D eigenvalue weighted by molar-refractivity contribution is 0.0945. The molecule has 0 radical (unpaired) electrons. The van der Waals surface area contributed by atoms with E-state index in [1.807, 2.05) is 13.0 Å². The van der Waals surface area contributed by atoms with Gasteiger partial charge in [0.1, 0.15) is 4.88 Å². The van der Waals surface area contributed by atoms with Gasteiger partial charge >= 0.3 is 0 Å². The summed E-state index contributed by atoms with van der Waals surface area (Å²) in [5, 5.41) is 0. The van der Waals surface area contributed by atoms with Crippen LogP contribution in [0.3, 0.4) is 0 Å². The zero-order valence-corrected chi connectivity index (χ0v) is 8.06. The molecule has 0 aromatic carbocycles. The standard InChI is InChI=1S/C9H9NO2S/c1-6-9(13-5-10-6)8(11)7-3-2-4-12-7/h3,5H,2,4H2,1H3. The lowest BCUT2D eigenvalue weighted by Crippen LogP contribution is -2.03. The van der Waals surface area contributed by atoms with Crippen LogP contribution in [0.2, 0.25) is 0 Å². The first-order valence-corrected chi connectivity index (χ1v) is 4.95. The number of aromatic nitrogens is 1. The lowest BCUT2D eigenvalue weighted by atomic mass is 10.2. The summed E-state index contributed by atoms with van der Waals surface area (Å²) >= 11 is 1.36. The fourth-order valence-electron chi connectivity index (χ4n) is 1.21. The molecule has 0 bridgehead atoms. The molecule has 0 saturated heterocycles. The second-order valence-corrected chi connectivity index (χ2v) is 3.66. The Balaban J connectivity index is 2.27. The fraction of sp³-hybridized carbons (Fsp3) is 0.333. The topological polar surface area (TPSA) is 39.2 Å². The summed E-state index contributed by atoms with van der Waals surface area (Å²) in [6.45, 7) is 2.46. The van der Waals surface area contributed by atoms with Crippen LogP contribution in [0.1, 0.15) is 21.8 Å². The van der Waals surface area contributed by atoms with Gasteiger partial charge in [0.25, 0.3) is 0 Å². The highest BCUT2D eigenvalue weighted by molar-refractivity contribution is 7.12. The third kappa shape index (κ3) is 1.49. The normalized spacial score (nSPS) is 15.3. The van der Waals surface area contributed by atoms with Crippen LogP contribution in [-0.4, -0.2) is 17.4 Å². The van der Waals surface area contributed by atoms with Gasteiger partial charge in [-0.25, -0.2) is 4.98 Å². The van der Waals surface area contributed by atoms with E-state index in [9.17, 15) is 4.79 Å². The molecule has 0 amide bonds. The molecule has 0 spiro atoms. The molecular formula is C9H9NO2S. The maximum Gasteiger partial charge on any atom is 0.239 e. The molecule has 1 aliphatic heterocycles. The minimum atomic E-state index is -0.0301. The van der Waals surface area contributed by atoms with Crippen LogP contribution in [0.15, 0.2) is 17.3 Å². The molecule has 1 aromatic heterocycles. The molecule has 3 nitrogen and oxygen atoms in total. The van der Waals surface area contributed by atoms with E-state index in [2.05, 4.69) is 4.98 Å². The van der Waals surface area contributed by atoms with E-state index in [0.717, 1.165) is 12.1 Å². The summed E-state index contributed by atoms with van der Waals surface area (Å²) in [7, 11) is 0. The van der Waals surface area contributed by atoms with Crippen LogP contribution in [0.25, 0.3) is 0 Å². The number of ketones is 1. The average molecular weight is 195 g/mol. The Hall–Kier alpha value is -1.16. The van der Waals surface area contributed by atoms with Crippen molar-refractivity contribution in [2.75, 3.05) is 6.61 Å². The zero-order valence-electron chi connectivity index (χ0n) is 7.24. The largest absolute Gasteiger partial charge is 0.489 e. The second-order valence-electron chi connectivity index (χ2n) is 2.80. The highest BCUT2D eigenvalue weighted by Crippen LogP contribution is 2.20. The van der Waals surface area contributed by atoms with E-state index in [4.69, 9.17) is 4.74 Å². The van der Waals surface area contributed by atoms with Gasteiger partial charge in [-0.1, -0.05) is 0 Å². The minimum Gasteiger partial charge on any atom is -0.489 e. The number of ether oxygens (including phenoxy) is 1. The second kappa shape index (κ2) is 3.30. The van der Waals surface area contributed by atoms with E-state index < -0.39 is 0 Å². The van der Waals surface area contributed by atoms with E-state index in [1.54, 1.807) is 5.51 Å². The first-order chi connectivity index (χ1) is 6.29. The number of allylic oxidation sites excluding steroid dienone is 1. The number of hydrogen-bond donors (Lipinski definition) is 0. The minimum absolute atomic E-state index is 0.0301. The first-order valence-electron chi connectivity index (χ1n) is 4.07. The number of aryl methyl sites for hydroxylation is 1. The van der Waals surface area contributed by atoms with Crippen LogP contribution in [0.4, 0.5) is 0 Å². The number of thiazole rings is 1. The van der Waals surface area contributed by atoms with Crippen LogP contribution in [-0.2, 0) is 4.74 Å². The maximum absolute atomic E-state index is 11.7. The van der Waals surface area contributed by atoms with E-state index in [-0.39, 0.29) is 5.78 Å². The van der Waals surface area contributed by atoms with Crippen LogP contribution < -0.4 is 0 Å². The average Bonchev–Trinajstić information content (AvgIpc) is 2.72. The summed E-state index contributed by atoms with van der Waals surface area (Å²) < 4.78 is 5.18. The molecule has 4 heteroatoms. The molecule has 0 saturated carbocycles. The molecular weight excluding hydrogens is 186 g/mol. The molecule has 0 atom stereocenters. The summed E-state index contributed by atoms with van der Waals surface area (Å²) in [5.41, 5.74) is 2.46. The van der Waals surface area contributed by atoms with Crippen molar-refractivity contribution in [3.63, 3.8) is 0 Å². The molecule has 13 heavy (non-hydrogen) atoms. The quantitative estimate of drug-likeness (QED) is 0.677. The predicted molar refractivity (Wildman–Crippen MR) is 49.8 cm³/mol. The smallest absolute Gasteiger partial charge is 0.239 e. The summed E-state index contributed by atoms with van der Waals surface area (Å²) in [6, 6.07) is 0. The molecule has 68 valence electrons. The van der Waals surface area contributed by atoms with Crippen molar-refractivity contribution in [3.05, 3.63) is 27.9 Å². The number of carbonyl (C=O) groups excluding carboxylic acids is 1. The Bertz CT molecular complexity index is 367. The van der Waals surface area contributed by atoms with Crippen molar-refractivity contribution in [2.24, 2.45) is 0 Å². The Morgan fingerprint density at radius 1 is 1.69 bits per heavy atom. The van der Waals surface area contributed by atoms with Gasteiger partial charge in [-0.2, -0.15) is 0 Å². The highest BCUT2D eigenvalue weighted by atomic mass is 32.1. The van der Waals surface area contributed by atoms with Gasteiger partial charge in [0.2, 0.25) is 5.78 Å². The van der Waals surface area contributed by atoms with E-state index in [0.29, 0.717) is 17.2 Å². The number of nitrogens with zero attached hydrogens (tertiary/aromatic N) is 1. The van der Waals surface area contributed by atoms with Crippen molar-refractivity contribution >= 4 is 17.1 Å². The van der Waals surface area contributed by atoms with Crippen LogP contribution in [0.5, 0.6) is 0 Å². The monoisotopic (exact) mass is 195 g/mol. The number of rotatable bonds is 2. The van der Waals surface area contributed by atoms with Gasteiger partial charge in [0, 0.05) is 6.42 Å². The molecule has 0 unspecified atom stereocenters. The summed E-state index contributed by atoms with van der Waals surface area (Å²) in [5.74, 6) is 0.449. The van der Waals surface area contributed by atoms with Crippen LogP contribution in [0, 0.1) is 6.92 Å². The van der Waals surface area contributed by atoms with Crippen molar-refractivity contribution in [1.29, 1.82) is 0 Å². The van der Waals surface area contributed by atoms with Gasteiger partial charge in [-0.15, -0.1) is 11.3 Å². The zero-order chi connectivity index (χ0) is 9.26.